The van der Waals surface area contributed by atoms with Gasteiger partial charge in [0.2, 0.25) is 0 Å². The van der Waals surface area contributed by atoms with Gasteiger partial charge in [0.1, 0.15) is 0 Å². The van der Waals surface area contributed by atoms with Crippen LogP contribution in [0.1, 0.15) is 5.56 Å². The van der Waals surface area contributed by atoms with E-state index in [1.54, 1.807) is 6.92 Å². The van der Waals surface area contributed by atoms with E-state index in [0.717, 1.165) is 6.07 Å². The van der Waals surface area contributed by atoms with Crippen LogP contribution in [0.15, 0.2) is 18.2 Å². The van der Waals surface area contributed by atoms with Gasteiger partial charge in [0.15, 0.2) is 0 Å². The highest BCUT2D eigenvalue weighted by atomic mass is 32.2. The number of sulfonamides is 1. The summed E-state index contributed by atoms with van der Waals surface area (Å²) in [6.07, 6.45) is 0. The molecular weight excluding hydrogens is 245 g/mol. The van der Waals surface area contributed by atoms with Crippen molar-refractivity contribution in [2.24, 2.45) is 0 Å². The SMILES string of the molecule is Cc1cc(NS(=O)(=O)C(F)(F)F)ccc1N. The van der Waals surface area contributed by atoms with E-state index >= 15 is 0 Å². The molecule has 1 aromatic carbocycles. The molecule has 1 aromatic rings. The second kappa shape index (κ2) is 3.85. The van der Waals surface area contributed by atoms with Crippen LogP contribution in [0, 0.1) is 6.92 Å². The lowest BCUT2D eigenvalue weighted by atomic mass is 10.2. The molecule has 0 spiro atoms. The topological polar surface area (TPSA) is 72.2 Å². The second-order valence-electron chi connectivity index (χ2n) is 3.12. The molecule has 4 nitrogen and oxygen atoms in total. The van der Waals surface area contributed by atoms with Crippen molar-refractivity contribution in [3.8, 4) is 0 Å². The number of hydrogen-bond donors (Lipinski definition) is 2. The van der Waals surface area contributed by atoms with Gasteiger partial charge in [0.25, 0.3) is 0 Å². The maximum absolute atomic E-state index is 12.0. The number of aryl methyl sites for hydroxylation is 1. The zero-order valence-electron chi connectivity index (χ0n) is 8.17. The molecule has 8 heteroatoms. The number of nitrogen functional groups attached to an aromatic ring is 1. The molecule has 0 unspecified atom stereocenters. The summed E-state index contributed by atoms with van der Waals surface area (Å²) in [7, 11) is -5.37. The van der Waals surface area contributed by atoms with Crippen LogP contribution in [-0.2, 0) is 10.0 Å². The van der Waals surface area contributed by atoms with Crippen molar-refractivity contribution in [1.29, 1.82) is 0 Å². The minimum absolute atomic E-state index is 0.177. The minimum Gasteiger partial charge on any atom is -0.399 e. The first-order valence-electron chi connectivity index (χ1n) is 4.09. The lowest BCUT2D eigenvalue weighted by Gasteiger charge is -2.11. The van der Waals surface area contributed by atoms with Crippen molar-refractivity contribution < 1.29 is 21.6 Å². The van der Waals surface area contributed by atoms with Crippen LogP contribution in [-0.4, -0.2) is 13.9 Å². The molecule has 0 aliphatic heterocycles. The van der Waals surface area contributed by atoms with Gasteiger partial charge in [-0.2, -0.15) is 21.6 Å². The number of hydrogen-bond acceptors (Lipinski definition) is 3. The Morgan fingerprint density at radius 3 is 2.31 bits per heavy atom. The van der Waals surface area contributed by atoms with Crippen LogP contribution >= 0.6 is 0 Å². The highest BCUT2D eigenvalue weighted by Crippen LogP contribution is 2.26. The van der Waals surface area contributed by atoms with E-state index in [4.69, 9.17) is 5.73 Å². The van der Waals surface area contributed by atoms with Gasteiger partial charge in [0.05, 0.1) is 0 Å². The van der Waals surface area contributed by atoms with Crippen molar-refractivity contribution in [1.82, 2.24) is 0 Å². The maximum atomic E-state index is 12.0. The predicted molar refractivity (Wildman–Crippen MR) is 54.2 cm³/mol. The third-order valence-electron chi connectivity index (χ3n) is 1.83. The molecule has 0 atom stereocenters. The molecule has 3 N–H and O–H groups in total. The molecule has 0 radical (unpaired) electrons. The second-order valence-corrected chi connectivity index (χ2v) is 4.80. The Balaban J connectivity index is 3.03. The summed E-state index contributed by atoms with van der Waals surface area (Å²) in [6.45, 7) is 1.56. The summed E-state index contributed by atoms with van der Waals surface area (Å²) in [5.74, 6) is 0. The highest BCUT2D eigenvalue weighted by Gasteiger charge is 2.46. The smallest absolute Gasteiger partial charge is 0.399 e. The van der Waals surface area contributed by atoms with E-state index in [2.05, 4.69) is 0 Å². The average Bonchev–Trinajstić information content (AvgIpc) is 2.09. The summed E-state index contributed by atoms with van der Waals surface area (Å²) in [4.78, 5) is 0. The summed E-state index contributed by atoms with van der Waals surface area (Å²) in [5.41, 5.74) is 0.790. The van der Waals surface area contributed by atoms with E-state index in [9.17, 15) is 21.6 Å². The molecule has 0 amide bonds. The first-order valence-corrected chi connectivity index (χ1v) is 5.57. The Labute approximate surface area is 90.3 Å². The number of halogens is 3. The Morgan fingerprint density at radius 2 is 1.88 bits per heavy atom. The van der Waals surface area contributed by atoms with Gasteiger partial charge >= 0.3 is 15.5 Å². The molecule has 16 heavy (non-hydrogen) atoms. The summed E-state index contributed by atoms with van der Waals surface area (Å²) < 4.78 is 59.0. The third kappa shape index (κ3) is 2.57. The normalized spacial score (nSPS) is 12.5. The standard InChI is InChI=1S/C8H9F3N2O2S/c1-5-4-6(2-3-7(5)12)13-16(14,15)8(9,10)11/h2-4,13H,12H2,1H3. The van der Waals surface area contributed by atoms with E-state index in [-0.39, 0.29) is 5.69 Å². The van der Waals surface area contributed by atoms with E-state index < -0.39 is 15.5 Å². The van der Waals surface area contributed by atoms with Gasteiger partial charge in [-0.25, -0.2) is 0 Å². The van der Waals surface area contributed by atoms with E-state index in [1.807, 2.05) is 0 Å². The number of nitrogens with one attached hydrogen (secondary N) is 1. The number of alkyl halides is 3. The van der Waals surface area contributed by atoms with Gasteiger partial charge in [-0.05, 0) is 30.7 Å². The molecule has 0 saturated heterocycles. The Hall–Kier alpha value is -1.44. The molecule has 1 rings (SSSR count). The van der Waals surface area contributed by atoms with Crippen LogP contribution in [0.4, 0.5) is 24.5 Å². The summed E-state index contributed by atoms with van der Waals surface area (Å²) in [5, 5.41) is 0. The Kier molecular flexibility index (Phi) is 3.04. The van der Waals surface area contributed by atoms with Crippen LogP contribution in [0.25, 0.3) is 0 Å². The fourth-order valence-corrected chi connectivity index (χ4v) is 1.51. The van der Waals surface area contributed by atoms with Crippen molar-refractivity contribution >= 4 is 21.4 Å². The van der Waals surface area contributed by atoms with Crippen LogP contribution < -0.4 is 10.5 Å². The first-order chi connectivity index (χ1) is 7.13. The van der Waals surface area contributed by atoms with Gasteiger partial charge in [-0.1, -0.05) is 0 Å². The number of rotatable bonds is 2. The van der Waals surface area contributed by atoms with Crippen molar-refractivity contribution in [2.75, 3.05) is 10.5 Å². The van der Waals surface area contributed by atoms with Gasteiger partial charge in [-0.3, -0.25) is 4.72 Å². The molecule has 90 valence electrons. The average molecular weight is 254 g/mol. The summed E-state index contributed by atoms with van der Waals surface area (Å²) >= 11 is 0. The van der Waals surface area contributed by atoms with E-state index in [1.165, 1.54) is 16.9 Å². The largest absolute Gasteiger partial charge is 0.516 e. The number of anilines is 2. The molecule has 0 aliphatic rings. The third-order valence-corrected chi connectivity index (χ3v) is 2.94. The lowest BCUT2D eigenvalue weighted by Crippen LogP contribution is -2.29. The zero-order chi connectivity index (χ0) is 12.6. The van der Waals surface area contributed by atoms with Gasteiger partial charge in [0, 0.05) is 11.4 Å². The lowest BCUT2D eigenvalue weighted by molar-refractivity contribution is -0.0429. The Bertz CT molecular complexity index is 496. The quantitative estimate of drug-likeness (QED) is 0.791. The zero-order valence-corrected chi connectivity index (χ0v) is 8.98. The fourth-order valence-electron chi connectivity index (χ4n) is 0.952. The highest BCUT2D eigenvalue weighted by molar-refractivity contribution is 7.93. The maximum Gasteiger partial charge on any atom is 0.516 e. The molecule has 0 aliphatic carbocycles. The van der Waals surface area contributed by atoms with Gasteiger partial charge in [-0.15, -0.1) is 0 Å². The Morgan fingerprint density at radius 1 is 1.31 bits per heavy atom. The first kappa shape index (κ1) is 12.6. The molecule has 0 aromatic heterocycles. The van der Waals surface area contributed by atoms with Crippen LogP contribution in [0.5, 0.6) is 0 Å². The van der Waals surface area contributed by atoms with E-state index in [0.29, 0.717) is 11.3 Å². The molecule has 0 heterocycles. The number of nitrogens with two attached hydrogens (primary N) is 1. The van der Waals surface area contributed by atoms with Crippen LogP contribution in [0.2, 0.25) is 0 Å². The fraction of sp³-hybridized carbons (Fsp3) is 0.250. The monoisotopic (exact) mass is 254 g/mol. The molecule has 0 bridgehead atoms. The molecule has 0 saturated carbocycles. The van der Waals surface area contributed by atoms with Crippen LogP contribution in [0.3, 0.4) is 0 Å². The van der Waals surface area contributed by atoms with Crippen molar-refractivity contribution in [3.05, 3.63) is 23.8 Å². The van der Waals surface area contributed by atoms with Crippen molar-refractivity contribution in [3.63, 3.8) is 0 Å². The summed E-state index contributed by atoms with van der Waals surface area (Å²) in [6, 6.07) is 3.70. The molecule has 0 fully saturated rings. The predicted octanol–water partition coefficient (Wildman–Crippen LogP) is 1.84. The minimum atomic E-state index is -5.37. The van der Waals surface area contributed by atoms with Gasteiger partial charge < -0.3 is 5.73 Å². The number of benzene rings is 1. The molecular formula is C8H9F3N2O2S. The van der Waals surface area contributed by atoms with Crippen molar-refractivity contribution in [2.45, 2.75) is 12.4 Å².